The molecule has 0 radical (unpaired) electrons. The molecule has 0 bridgehead atoms. The van der Waals surface area contributed by atoms with Crippen molar-refractivity contribution in [3.63, 3.8) is 0 Å². The number of guanidine groups is 1. The number of rotatable bonds is 8. The summed E-state index contributed by atoms with van der Waals surface area (Å²) in [5.41, 5.74) is 9.20. The lowest BCUT2D eigenvalue weighted by molar-refractivity contribution is -0.128. The maximum atomic E-state index is 11.8. The molecular formula is C22H28N4O3. The van der Waals surface area contributed by atoms with E-state index in [1.54, 1.807) is 14.2 Å². The molecule has 7 heteroatoms. The van der Waals surface area contributed by atoms with Crippen molar-refractivity contribution in [3.8, 4) is 11.5 Å². The average Bonchev–Trinajstić information content (AvgIpc) is 3.15. The van der Waals surface area contributed by atoms with Crippen LogP contribution in [0, 0.1) is 0 Å². The molecule has 7 nitrogen and oxygen atoms in total. The molecule has 3 N–H and O–H groups in total. The number of ether oxygens (including phenoxy) is 2. The zero-order valence-electron chi connectivity index (χ0n) is 17.0. The van der Waals surface area contributed by atoms with Crippen LogP contribution < -0.4 is 20.5 Å². The Bertz CT molecular complexity index is 882. The number of likely N-dealkylation sites (tertiary alicyclic amines) is 1. The molecule has 0 atom stereocenters. The highest BCUT2D eigenvalue weighted by Gasteiger charge is 2.19. The molecule has 1 aliphatic heterocycles. The van der Waals surface area contributed by atoms with Crippen LogP contribution in [0.5, 0.6) is 11.5 Å². The summed E-state index contributed by atoms with van der Waals surface area (Å²) >= 11 is 0. The minimum Gasteiger partial charge on any atom is -0.493 e. The van der Waals surface area contributed by atoms with Crippen LogP contribution in [0.2, 0.25) is 0 Å². The molecule has 3 rings (SSSR count). The SMILES string of the molecule is COc1ccc(CNC(N)=NCc2cccc(CN3CCCC3=O)c2)cc1OC. The van der Waals surface area contributed by atoms with Gasteiger partial charge in [-0.3, -0.25) is 4.79 Å². The van der Waals surface area contributed by atoms with Gasteiger partial charge < -0.3 is 25.4 Å². The number of benzene rings is 2. The quantitative estimate of drug-likeness (QED) is 0.528. The molecular weight excluding hydrogens is 368 g/mol. The second kappa shape index (κ2) is 9.82. The average molecular weight is 396 g/mol. The van der Waals surface area contributed by atoms with E-state index < -0.39 is 0 Å². The van der Waals surface area contributed by atoms with E-state index in [2.05, 4.69) is 16.4 Å². The van der Waals surface area contributed by atoms with Crippen LogP contribution in [0.4, 0.5) is 0 Å². The highest BCUT2D eigenvalue weighted by atomic mass is 16.5. The molecule has 0 unspecified atom stereocenters. The maximum Gasteiger partial charge on any atom is 0.222 e. The molecule has 0 saturated carbocycles. The first-order valence-corrected chi connectivity index (χ1v) is 9.69. The zero-order chi connectivity index (χ0) is 20.6. The summed E-state index contributed by atoms with van der Waals surface area (Å²) in [6.07, 6.45) is 1.61. The van der Waals surface area contributed by atoms with Gasteiger partial charge in [-0.25, -0.2) is 4.99 Å². The zero-order valence-corrected chi connectivity index (χ0v) is 17.0. The van der Waals surface area contributed by atoms with Crippen molar-refractivity contribution < 1.29 is 14.3 Å². The Hall–Kier alpha value is -3.22. The minimum atomic E-state index is 0.233. The molecule has 29 heavy (non-hydrogen) atoms. The predicted octanol–water partition coefficient (Wildman–Crippen LogP) is 2.43. The first kappa shape index (κ1) is 20.5. The Morgan fingerprint density at radius 3 is 2.62 bits per heavy atom. The van der Waals surface area contributed by atoms with Crippen molar-refractivity contribution in [3.05, 3.63) is 59.2 Å². The second-order valence-corrected chi connectivity index (χ2v) is 6.98. The third kappa shape index (κ3) is 5.63. The topological polar surface area (TPSA) is 89.2 Å². The number of hydrogen-bond acceptors (Lipinski definition) is 4. The summed E-state index contributed by atoms with van der Waals surface area (Å²) in [7, 11) is 3.22. The van der Waals surface area contributed by atoms with Crippen LogP contribution in [0.15, 0.2) is 47.5 Å². The standard InChI is InChI=1S/C22H28N4O3/c1-28-19-9-8-17(12-20(19)29-2)14-25-22(23)24-13-16-5-3-6-18(11-16)15-26-10-4-7-21(26)27/h3,5-6,8-9,11-12H,4,7,10,13-15H2,1-2H3,(H3,23,24,25). The van der Waals surface area contributed by atoms with Gasteiger partial charge >= 0.3 is 0 Å². The van der Waals surface area contributed by atoms with Crippen molar-refractivity contribution >= 4 is 11.9 Å². The molecule has 154 valence electrons. The molecule has 1 saturated heterocycles. The summed E-state index contributed by atoms with van der Waals surface area (Å²) < 4.78 is 10.6. The van der Waals surface area contributed by atoms with Gasteiger partial charge in [-0.2, -0.15) is 0 Å². The van der Waals surface area contributed by atoms with Crippen LogP contribution in [-0.4, -0.2) is 37.5 Å². The highest BCUT2D eigenvalue weighted by Crippen LogP contribution is 2.27. The van der Waals surface area contributed by atoms with Crippen molar-refractivity contribution in [2.75, 3.05) is 20.8 Å². The van der Waals surface area contributed by atoms with Crippen LogP contribution in [-0.2, 0) is 24.4 Å². The number of methoxy groups -OCH3 is 2. The van der Waals surface area contributed by atoms with Gasteiger partial charge in [-0.05, 0) is 35.2 Å². The van der Waals surface area contributed by atoms with Gasteiger partial charge in [0.2, 0.25) is 5.91 Å². The third-order valence-electron chi connectivity index (χ3n) is 4.89. The number of carbonyl (C=O) groups is 1. The number of carbonyl (C=O) groups excluding carboxylic acids is 1. The van der Waals surface area contributed by atoms with Crippen molar-refractivity contribution in [1.82, 2.24) is 10.2 Å². The second-order valence-electron chi connectivity index (χ2n) is 6.98. The first-order chi connectivity index (χ1) is 14.1. The van der Waals surface area contributed by atoms with Crippen LogP contribution in [0.25, 0.3) is 0 Å². The number of hydrogen-bond donors (Lipinski definition) is 2. The summed E-state index contributed by atoms with van der Waals surface area (Å²) in [4.78, 5) is 18.1. The summed E-state index contributed by atoms with van der Waals surface area (Å²) in [6.45, 7) is 2.51. The van der Waals surface area contributed by atoms with Crippen molar-refractivity contribution in [2.45, 2.75) is 32.5 Å². The van der Waals surface area contributed by atoms with Crippen LogP contribution in [0.1, 0.15) is 29.5 Å². The summed E-state index contributed by atoms with van der Waals surface area (Å²) in [5, 5.41) is 3.12. The fraction of sp³-hybridized carbons (Fsp3) is 0.364. The Kier molecular flexibility index (Phi) is 6.94. The number of amides is 1. The smallest absolute Gasteiger partial charge is 0.222 e. The number of aliphatic imine (C=N–C) groups is 1. The lowest BCUT2D eigenvalue weighted by Crippen LogP contribution is -2.31. The van der Waals surface area contributed by atoms with Gasteiger partial charge in [0.05, 0.1) is 20.8 Å². The normalized spacial score (nSPS) is 14.2. The molecule has 2 aromatic rings. The van der Waals surface area contributed by atoms with Crippen molar-refractivity contribution in [1.29, 1.82) is 0 Å². The predicted molar refractivity (Wildman–Crippen MR) is 113 cm³/mol. The Labute approximate surface area is 171 Å². The molecule has 0 aromatic heterocycles. The fourth-order valence-electron chi connectivity index (χ4n) is 3.33. The van der Waals surface area contributed by atoms with Gasteiger partial charge in [-0.1, -0.05) is 30.3 Å². The van der Waals surface area contributed by atoms with E-state index in [1.165, 1.54) is 0 Å². The molecule has 1 heterocycles. The Morgan fingerprint density at radius 2 is 1.90 bits per heavy atom. The van der Waals surface area contributed by atoms with Crippen LogP contribution in [0.3, 0.4) is 0 Å². The summed E-state index contributed by atoms with van der Waals surface area (Å²) in [6, 6.07) is 13.8. The summed E-state index contributed by atoms with van der Waals surface area (Å²) in [5.74, 6) is 1.97. The first-order valence-electron chi connectivity index (χ1n) is 9.69. The van der Waals surface area contributed by atoms with Gasteiger partial charge in [0, 0.05) is 26.1 Å². The molecule has 1 fully saturated rings. The van der Waals surface area contributed by atoms with E-state index in [4.69, 9.17) is 15.2 Å². The van der Waals surface area contributed by atoms with E-state index >= 15 is 0 Å². The molecule has 0 spiro atoms. The van der Waals surface area contributed by atoms with Gasteiger partial charge in [0.25, 0.3) is 0 Å². The molecule has 1 aliphatic rings. The number of nitrogens with zero attached hydrogens (tertiary/aromatic N) is 2. The van der Waals surface area contributed by atoms with E-state index in [9.17, 15) is 4.79 Å². The Morgan fingerprint density at radius 1 is 1.10 bits per heavy atom. The third-order valence-corrected chi connectivity index (χ3v) is 4.89. The largest absolute Gasteiger partial charge is 0.493 e. The van der Waals surface area contributed by atoms with Gasteiger partial charge in [0.1, 0.15) is 0 Å². The van der Waals surface area contributed by atoms with E-state index in [-0.39, 0.29) is 5.91 Å². The molecule has 1 amide bonds. The minimum absolute atomic E-state index is 0.233. The van der Waals surface area contributed by atoms with Crippen LogP contribution >= 0.6 is 0 Å². The maximum absolute atomic E-state index is 11.8. The van der Waals surface area contributed by atoms with Crippen molar-refractivity contribution in [2.24, 2.45) is 10.7 Å². The van der Waals surface area contributed by atoms with E-state index in [0.717, 1.165) is 29.7 Å². The van der Waals surface area contributed by atoms with Gasteiger partial charge in [-0.15, -0.1) is 0 Å². The number of nitrogens with one attached hydrogen (secondary N) is 1. The number of nitrogens with two attached hydrogens (primary N) is 1. The van der Waals surface area contributed by atoms with E-state index in [0.29, 0.717) is 43.5 Å². The lowest BCUT2D eigenvalue weighted by atomic mass is 10.1. The molecule has 0 aliphatic carbocycles. The van der Waals surface area contributed by atoms with Gasteiger partial charge in [0.15, 0.2) is 17.5 Å². The van der Waals surface area contributed by atoms with E-state index in [1.807, 2.05) is 41.3 Å². The lowest BCUT2D eigenvalue weighted by Gasteiger charge is -2.15. The highest BCUT2D eigenvalue weighted by molar-refractivity contribution is 5.78. The Balaban J connectivity index is 1.54. The fourth-order valence-corrected chi connectivity index (χ4v) is 3.33. The monoisotopic (exact) mass is 396 g/mol. The molecule has 2 aromatic carbocycles.